The molecule has 0 amide bonds. The number of hydrogen-bond acceptors (Lipinski definition) is 3. The van der Waals surface area contributed by atoms with Gasteiger partial charge in [0.15, 0.2) is 5.65 Å². The highest BCUT2D eigenvalue weighted by atomic mass is 16.5. The Balaban J connectivity index is 1.82. The molecule has 4 aromatic rings. The monoisotopic (exact) mass is 331 g/mol. The molecule has 0 N–H and O–H groups in total. The summed E-state index contributed by atoms with van der Waals surface area (Å²) in [5, 5.41) is 9.43. The van der Waals surface area contributed by atoms with Gasteiger partial charge in [0.1, 0.15) is 12.1 Å². The van der Waals surface area contributed by atoms with E-state index in [1.807, 2.05) is 16.5 Å². The molecule has 126 valence electrons. The Hall–Kier alpha value is -2.88. The number of pyridine rings is 1. The number of aromatic nitrogens is 3. The molecule has 0 aliphatic rings. The van der Waals surface area contributed by atoms with Crippen LogP contribution in [0, 0.1) is 0 Å². The largest absolute Gasteiger partial charge is 0.494 e. The van der Waals surface area contributed by atoms with Crippen molar-refractivity contribution in [2.45, 2.75) is 26.2 Å². The topological polar surface area (TPSA) is 39.4 Å². The zero-order valence-electron chi connectivity index (χ0n) is 14.4. The summed E-state index contributed by atoms with van der Waals surface area (Å²) < 4.78 is 7.98. The maximum Gasteiger partial charge on any atom is 0.161 e. The lowest BCUT2D eigenvalue weighted by atomic mass is 10.0. The molecule has 4 nitrogen and oxygen atoms in total. The number of rotatable bonds is 6. The highest BCUT2D eigenvalue weighted by molar-refractivity contribution is 5.97. The van der Waals surface area contributed by atoms with Crippen LogP contribution >= 0.6 is 0 Å². The van der Waals surface area contributed by atoms with Gasteiger partial charge in [-0.15, -0.1) is 10.2 Å². The van der Waals surface area contributed by atoms with Crippen molar-refractivity contribution in [3.05, 3.63) is 60.9 Å². The second kappa shape index (κ2) is 6.93. The molecule has 0 aliphatic heterocycles. The molecule has 4 heteroatoms. The summed E-state index contributed by atoms with van der Waals surface area (Å²) in [5.41, 5.74) is 4.25. The van der Waals surface area contributed by atoms with Gasteiger partial charge in [0, 0.05) is 5.39 Å². The van der Waals surface area contributed by atoms with Gasteiger partial charge in [-0.05, 0) is 41.8 Å². The summed E-state index contributed by atoms with van der Waals surface area (Å²) in [7, 11) is 0. The first-order valence-corrected chi connectivity index (χ1v) is 8.81. The van der Waals surface area contributed by atoms with Crippen LogP contribution in [0.15, 0.2) is 60.9 Å². The minimum absolute atomic E-state index is 0.759. The zero-order chi connectivity index (χ0) is 17.1. The Morgan fingerprint density at radius 1 is 1.00 bits per heavy atom. The van der Waals surface area contributed by atoms with E-state index >= 15 is 0 Å². The second-order valence-corrected chi connectivity index (χ2v) is 6.22. The molecule has 0 aliphatic carbocycles. The molecular formula is C21H21N3O. The number of hydrogen-bond donors (Lipinski definition) is 0. The van der Waals surface area contributed by atoms with Crippen molar-refractivity contribution in [1.82, 2.24) is 14.6 Å². The first-order valence-electron chi connectivity index (χ1n) is 8.81. The average molecular weight is 331 g/mol. The molecule has 4 rings (SSSR count). The molecule has 2 heterocycles. The maximum absolute atomic E-state index is 5.96. The van der Waals surface area contributed by atoms with Crippen LogP contribution in [0.25, 0.3) is 27.7 Å². The fourth-order valence-corrected chi connectivity index (χ4v) is 3.16. The molecule has 0 radical (unpaired) electrons. The minimum Gasteiger partial charge on any atom is -0.494 e. The van der Waals surface area contributed by atoms with E-state index in [4.69, 9.17) is 4.74 Å². The van der Waals surface area contributed by atoms with E-state index in [0.717, 1.165) is 40.9 Å². The highest BCUT2D eigenvalue weighted by Gasteiger charge is 2.11. The van der Waals surface area contributed by atoms with Crippen molar-refractivity contribution in [3.63, 3.8) is 0 Å². The SMILES string of the molecule is CCCCCOc1ccc2c(c1)c(-c1ccccc1)cc1nncn12. The van der Waals surface area contributed by atoms with Crippen molar-refractivity contribution in [2.75, 3.05) is 6.61 Å². The molecule has 0 spiro atoms. The fourth-order valence-electron chi connectivity index (χ4n) is 3.16. The number of ether oxygens (including phenoxy) is 1. The van der Waals surface area contributed by atoms with E-state index in [9.17, 15) is 0 Å². The van der Waals surface area contributed by atoms with Crippen LogP contribution in [0.5, 0.6) is 5.75 Å². The van der Waals surface area contributed by atoms with Gasteiger partial charge in [0.05, 0.1) is 12.1 Å². The van der Waals surface area contributed by atoms with E-state index in [0.29, 0.717) is 0 Å². The Labute approximate surface area is 147 Å². The van der Waals surface area contributed by atoms with Gasteiger partial charge in [-0.3, -0.25) is 4.40 Å². The summed E-state index contributed by atoms with van der Waals surface area (Å²) >= 11 is 0. The van der Waals surface area contributed by atoms with Crippen LogP contribution < -0.4 is 4.74 Å². The van der Waals surface area contributed by atoms with Crippen molar-refractivity contribution < 1.29 is 4.74 Å². The molecule has 2 aromatic carbocycles. The third-order valence-electron chi connectivity index (χ3n) is 4.47. The molecule has 0 saturated heterocycles. The average Bonchev–Trinajstić information content (AvgIpc) is 3.14. The van der Waals surface area contributed by atoms with Gasteiger partial charge in [0.2, 0.25) is 0 Å². The van der Waals surface area contributed by atoms with Crippen LogP contribution in [0.4, 0.5) is 0 Å². The third-order valence-corrected chi connectivity index (χ3v) is 4.47. The molecule has 0 saturated carbocycles. The van der Waals surface area contributed by atoms with Gasteiger partial charge >= 0.3 is 0 Å². The van der Waals surface area contributed by atoms with Gasteiger partial charge in [-0.2, -0.15) is 0 Å². The quantitative estimate of drug-likeness (QED) is 0.460. The summed E-state index contributed by atoms with van der Waals surface area (Å²) in [6.07, 6.45) is 5.24. The predicted molar refractivity (Wildman–Crippen MR) is 101 cm³/mol. The van der Waals surface area contributed by atoms with Crippen molar-refractivity contribution >= 4 is 16.6 Å². The van der Waals surface area contributed by atoms with Gasteiger partial charge in [-0.25, -0.2) is 0 Å². The zero-order valence-corrected chi connectivity index (χ0v) is 14.4. The molecule has 0 bridgehead atoms. The first kappa shape index (κ1) is 15.6. The van der Waals surface area contributed by atoms with E-state index in [2.05, 4.69) is 59.6 Å². The number of benzene rings is 2. The Morgan fingerprint density at radius 2 is 1.88 bits per heavy atom. The van der Waals surface area contributed by atoms with Crippen molar-refractivity contribution in [1.29, 1.82) is 0 Å². The van der Waals surface area contributed by atoms with Gasteiger partial charge in [-0.1, -0.05) is 50.1 Å². The van der Waals surface area contributed by atoms with E-state index in [1.165, 1.54) is 18.4 Å². The van der Waals surface area contributed by atoms with E-state index in [1.54, 1.807) is 6.33 Å². The predicted octanol–water partition coefficient (Wildman–Crippen LogP) is 5.12. The summed E-state index contributed by atoms with van der Waals surface area (Å²) in [5.74, 6) is 0.910. The van der Waals surface area contributed by atoms with Gasteiger partial charge in [0.25, 0.3) is 0 Å². The highest BCUT2D eigenvalue weighted by Crippen LogP contribution is 2.32. The summed E-state index contributed by atoms with van der Waals surface area (Å²) in [6, 6.07) is 18.7. The third kappa shape index (κ3) is 3.07. The lowest BCUT2D eigenvalue weighted by Crippen LogP contribution is -1.98. The molecule has 0 atom stereocenters. The summed E-state index contributed by atoms with van der Waals surface area (Å²) in [4.78, 5) is 0. The van der Waals surface area contributed by atoms with Crippen LogP contribution in [-0.2, 0) is 0 Å². The van der Waals surface area contributed by atoms with Crippen LogP contribution in [0.2, 0.25) is 0 Å². The van der Waals surface area contributed by atoms with Crippen LogP contribution in [0.1, 0.15) is 26.2 Å². The number of nitrogens with zero attached hydrogens (tertiary/aromatic N) is 3. The Kier molecular flexibility index (Phi) is 4.34. The Morgan fingerprint density at radius 3 is 2.72 bits per heavy atom. The first-order chi connectivity index (χ1) is 12.4. The standard InChI is InChI=1S/C21H21N3O/c1-2-3-7-12-25-17-10-11-20-19(13-17)18(16-8-5-4-6-9-16)14-21-23-22-15-24(20)21/h4-6,8-11,13-15H,2-3,7,12H2,1H3. The minimum atomic E-state index is 0.759. The van der Waals surface area contributed by atoms with Crippen LogP contribution in [-0.4, -0.2) is 21.2 Å². The van der Waals surface area contributed by atoms with Crippen molar-refractivity contribution in [3.8, 4) is 16.9 Å². The second-order valence-electron chi connectivity index (χ2n) is 6.22. The van der Waals surface area contributed by atoms with E-state index in [-0.39, 0.29) is 0 Å². The fraction of sp³-hybridized carbons (Fsp3) is 0.238. The lowest BCUT2D eigenvalue weighted by molar-refractivity contribution is 0.306. The van der Waals surface area contributed by atoms with Gasteiger partial charge < -0.3 is 4.74 Å². The number of unbranched alkanes of at least 4 members (excludes halogenated alkanes) is 2. The molecular weight excluding hydrogens is 310 g/mol. The van der Waals surface area contributed by atoms with Crippen molar-refractivity contribution in [2.24, 2.45) is 0 Å². The smallest absolute Gasteiger partial charge is 0.161 e. The molecule has 0 fully saturated rings. The normalized spacial score (nSPS) is 11.2. The maximum atomic E-state index is 5.96. The number of fused-ring (bicyclic) bond motifs is 3. The molecule has 25 heavy (non-hydrogen) atoms. The lowest BCUT2D eigenvalue weighted by Gasteiger charge is -2.12. The summed E-state index contributed by atoms with van der Waals surface area (Å²) in [6.45, 7) is 2.96. The molecule has 2 aromatic heterocycles. The van der Waals surface area contributed by atoms with E-state index < -0.39 is 0 Å². The molecule has 0 unspecified atom stereocenters. The van der Waals surface area contributed by atoms with Crippen LogP contribution in [0.3, 0.4) is 0 Å². The Bertz CT molecular complexity index is 992.